The van der Waals surface area contributed by atoms with Gasteiger partial charge in [0, 0.05) is 20.1 Å². The number of hydrogen-bond donors (Lipinski definition) is 2. The van der Waals surface area contributed by atoms with Crippen LogP contribution in [0.2, 0.25) is 0 Å². The number of nitrogens with zero attached hydrogens (tertiary/aromatic N) is 3. The van der Waals surface area contributed by atoms with Crippen molar-refractivity contribution < 1.29 is 9.59 Å². The number of aromatic nitrogens is 2. The van der Waals surface area contributed by atoms with E-state index in [9.17, 15) is 9.59 Å². The highest BCUT2D eigenvalue weighted by molar-refractivity contribution is 5.99. The molecule has 21 heavy (non-hydrogen) atoms. The van der Waals surface area contributed by atoms with Gasteiger partial charge in [0.25, 0.3) is 5.91 Å². The summed E-state index contributed by atoms with van der Waals surface area (Å²) in [6.45, 7) is 3.66. The molecule has 116 valence electrons. The van der Waals surface area contributed by atoms with E-state index in [2.05, 4.69) is 10.2 Å². The summed E-state index contributed by atoms with van der Waals surface area (Å²) in [6, 6.07) is 0. The molecule has 1 fully saturated rings. The number of likely N-dealkylation sites (N-methyl/N-ethyl adjacent to an activating group) is 1. The molecule has 0 saturated carbocycles. The molecule has 2 rings (SSSR count). The second kappa shape index (κ2) is 6.60. The number of nitrogen functional groups attached to an aromatic ring is 1. The zero-order valence-electron chi connectivity index (χ0n) is 12.7. The van der Waals surface area contributed by atoms with Gasteiger partial charge in [0.1, 0.15) is 0 Å². The molecule has 0 spiro atoms. The molecule has 3 N–H and O–H groups in total. The minimum Gasteiger partial charge on any atom is -0.395 e. The number of aromatic amines is 1. The van der Waals surface area contributed by atoms with Crippen LogP contribution in [0.1, 0.15) is 42.4 Å². The highest BCUT2D eigenvalue weighted by atomic mass is 16.2. The van der Waals surface area contributed by atoms with E-state index in [-0.39, 0.29) is 24.1 Å². The number of carbonyl (C=O) groups excluding carboxylic acids is 2. The van der Waals surface area contributed by atoms with Gasteiger partial charge >= 0.3 is 0 Å². The van der Waals surface area contributed by atoms with Crippen LogP contribution < -0.4 is 5.73 Å². The molecular formula is C14H23N5O2. The molecule has 0 aromatic carbocycles. The number of nitrogens with one attached hydrogen (secondary N) is 1. The number of anilines is 1. The standard InChI is InChI=1S/C14H23N5O2/c1-3-6-10-12(15)13(17-16-10)14(21)18(2)9-11(20)19-7-4-5-8-19/h3-9,15H2,1-2H3,(H,16,17). The Morgan fingerprint density at radius 3 is 2.67 bits per heavy atom. The summed E-state index contributed by atoms with van der Waals surface area (Å²) in [5.74, 6) is -0.343. The van der Waals surface area contributed by atoms with Crippen molar-refractivity contribution in [1.82, 2.24) is 20.0 Å². The molecule has 7 nitrogen and oxygen atoms in total. The lowest BCUT2D eigenvalue weighted by molar-refractivity contribution is -0.130. The fraction of sp³-hybridized carbons (Fsp3) is 0.643. The van der Waals surface area contributed by atoms with E-state index < -0.39 is 0 Å². The van der Waals surface area contributed by atoms with Gasteiger partial charge in [-0.2, -0.15) is 5.10 Å². The number of H-pyrrole nitrogens is 1. The Kier molecular flexibility index (Phi) is 4.82. The van der Waals surface area contributed by atoms with Gasteiger partial charge in [0.2, 0.25) is 5.91 Å². The van der Waals surface area contributed by atoms with E-state index in [0.29, 0.717) is 5.69 Å². The van der Waals surface area contributed by atoms with Crippen molar-refractivity contribution in [3.05, 3.63) is 11.4 Å². The maximum atomic E-state index is 12.3. The minimum absolute atomic E-state index is 0.0220. The van der Waals surface area contributed by atoms with Crippen LogP contribution in [0.3, 0.4) is 0 Å². The van der Waals surface area contributed by atoms with Crippen molar-refractivity contribution in [2.45, 2.75) is 32.6 Å². The summed E-state index contributed by atoms with van der Waals surface area (Å²) >= 11 is 0. The molecule has 0 aliphatic carbocycles. The van der Waals surface area contributed by atoms with E-state index in [0.717, 1.165) is 44.5 Å². The summed E-state index contributed by atoms with van der Waals surface area (Å²) in [7, 11) is 1.60. The van der Waals surface area contributed by atoms with Gasteiger partial charge in [-0.25, -0.2) is 0 Å². The summed E-state index contributed by atoms with van der Waals surface area (Å²) in [5, 5.41) is 6.80. The number of hydrogen-bond acceptors (Lipinski definition) is 4. The van der Waals surface area contributed by atoms with Crippen LogP contribution >= 0.6 is 0 Å². The van der Waals surface area contributed by atoms with Gasteiger partial charge in [0.15, 0.2) is 5.69 Å². The van der Waals surface area contributed by atoms with Crippen LogP contribution in [0.4, 0.5) is 5.69 Å². The Balaban J connectivity index is 2.00. The fourth-order valence-corrected chi connectivity index (χ4v) is 2.51. The lowest BCUT2D eigenvalue weighted by atomic mass is 10.2. The van der Waals surface area contributed by atoms with Crippen LogP contribution in [0.15, 0.2) is 0 Å². The first-order valence-corrected chi connectivity index (χ1v) is 7.40. The Morgan fingerprint density at radius 1 is 1.38 bits per heavy atom. The van der Waals surface area contributed by atoms with Gasteiger partial charge < -0.3 is 15.5 Å². The predicted molar refractivity (Wildman–Crippen MR) is 79.8 cm³/mol. The second-order valence-electron chi connectivity index (χ2n) is 5.46. The van der Waals surface area contributed by atoms with E-state index in [1.54, 1.807) is 11.9 Å². The third-order valence-electron chi connectivity index (χ3n) is 3.76. The first-order chi connectivity index (χ1) is 10.0. The van der Waals surface area contributed by atoms with Gasteiger partial charge in [-0.15, -0.1) is 0 Å². The summed E-state index contributed by atoms with van der Waals surface area (Å²) < 4.78 is 0. The molecule has 1 aliphatic rings. The quantitative estimate of drug-likeness (QED) is 0.832. The van der Waals surface area contributed by atoms with Crippen molar-refractivity contribution >= 4 is 17.5 Å². The maximum Gasteiger partial charge on any atom is 0.276 e. The van der Waals surface area contributed by atoms with Gasteiger partial charge in [-0.3, -0.25) is 14.7 Å². The topological polar surface area (TPSA) is 95.3 Å². The third kappa shape index (κ3) is 3.34. The zero-order chi connectivity index (χ0) is 15.4. The number of carbonyl (C=O) groups is 2. The van der Waals surface area contributed by atoms with E-state index in [1.165, 1.54) is 4.90 Å². The normalized spacial score (nSPS) is 14.5. The van der Waals surface area contributed by atoms with Crippen LogP contribution in [0.25, 0.3) is 0 Å². The number of aryl methyl sites for hydroxylation is 1. The summed E-state index contributed by atoms with van der Waals surface area (Å²) in [6.07, 6.45) is 3.75. The van der Waals surface area contributed by atoms with Crippen molar-refractivity contribution in [1.29, 1.82) is 0 Å². The molecule has 2 heterocycles. The molecule has 7 heteroatoms. The van der Waals surface area contributed by atoms with E-state index in [4.69, 9.17) is 5.73 Å². The highest BCUT2D eigenvalue weighted by Gasteiger charge is 2.24. The Hall–Kier alpha value is -2.05. The smallest absolute Gasteiger partial charge is 0.276 e. The van der Waals surface area contributed by atoms with Crippen molar-refractivity contribution in [3.63, 3.8) is 0 Å². The SMILES string of the molecule is CCCc1[nH]nc(C(=O)N(C)CC(=O)N2CCCC2)c1N. The van der Waals surface area contributed by atoms with Gasteiger partial charge in [-0.05, 0) is 19.3 Å². The minimum atomic E-state index is -0.321. The molecule has 1 saturated heterocycles. The first-order valence-electron chi connectivity index (χ1n) is 7.40. The number of likely N-dealkylation sites (tertiary alicyclic amines) is 1. The number of amides is 2. The summed E-state index contributed by atoms with van der Waals surface area (Å²) in [4.78, 5) is 27.6. The molecule has 0 radical (unpaired) electrons. The molecule has 2 amide bonds. The van der Waals surface area contributed by atoms with Crippen LogP contribution in [0, 0.1) is 0 Å². The van der Waals surface area contributed by atoms with Gasteiger partial charge in [0.05, 0.1) is 17.9 Å². The highest BCUT2D eigenvalue weighted by Crippen LogP contribution is 2.17. The molecule has 1 aromatic rings. The first kappa shape index (κ1) is 15.3. The Labute approximate surface area is 124 Å². The van der Waals surface area contributed by atoms with E-state index in [1.807, 2.05) is 6.92 Å². The van der Waals surface area contributed by atoms with Crippen molar-refractivity contribution in [3.8, 4) is 0 Å². The Morgan fingerprint density at radius 2 is 2.05 bits per heavy atom. The lowest BCUT2D eigenvalue weighted by Crippen LogP contribution is -2.40. The molecular weight excluding hydrogens is 270 g/mol. The number of rotatable bonds is 5. The zero-order valence-corrected chi connectivity index (χ0v) is 12.7. The largest absolute Gasteiger partial charge is 0.395 e. The van der Waals surface area contributed by atoms with Crippen LogP contribution in [0.5, 0.6) is 0 Å². The maximum absolute atomic E-state index is 12.3. The Bertz CT molecular complexity index is 519. The molecule has 0 bridgehead atoms. The average Bonchev–Trinajstić information content (AvgIpc) is 3.09. The monoisotopic (exact) mass is 293 g/mol. The lowest BCUT2D eigenvalue weighted by Gasteiger charge is -2.20. The van der Waals surface area contributed by atoms with Crippen molar-refractivity contribution in [2.24, 2.45) is 0 Å². The van der Waals surface area contributed by atoms with E-state index >= 15 is 0 Å². The molecule has 0 unspecified atom stereocenters. The van der Waals surface area contributed by atoms with Crippen LogP contribution in [-0.4, -0.2) is 58.5 Å². The fourth-order valence-electron chi connectivity index (χ4n) is 2.51. The number of nitrogens with two attached hydrogens (primary N) is 1. The van der Waals surface area contributed by atoms with Gasteiger partial charge in [-0.1, -0.05) is 13.3 Å². The third-order valence-corrected chi connectivity index (χ3v) is 3.76. The predicted octanol–water partition coefficient (Wildman–Crippen LogP) is 0.639. The molecule has 0 atom stereocenters. The van der Waals surface area contributed by atoms with Crippen molar-refractivity contribution in [2.75, 3.05) is 32.4 Å². The van der Waals surface area contributed by atoms with Crippen LogP contribution in [-0.2, 0) is 11.2 Å². The molecule has 1 aliphatic heterocycles. The average molecular weight is 293 g/mol. The molecule has 1 aromatic heterocycles. The summed E-state index contributed by atoms with van der Waals surface area (Å²) in [5.41, 5.74) is 7.32. The second-order valence-corrected chi connectivity index (χ2v) is 5.46.